The zero-order valence-corrected chi connectivity index (χ0v) is 27.9. The van der Waals surface area contributed by atoms with E-state index in [0.29, 0.717) is 35.5 Å². The van der Waals surface area contributed by atoms with Crippen molar-refractivity contribution in [3.05, 3.63) is 45.9 Å². The van der Waals surface area contributed by atoms with Gasteiger partial charge in [-0.1, -0.05) is 60.5 Å². The first-order valence-corrected chi connectivity index (χ1v) is 16.8. The molecule has 0 amide bonds. The number of rotatable bonds is 10. The van der Waals surface area contributed by atoms with Gasteiger partial charge in [-0.05, 0) is 75.1 Å². The summed E-state index contributed by atoms with van der Waals surface area (Å²) >= 11 is 0. The molecular weight excluding hydrogens is 535 g/mol. The van der Waals surface area contributed by atoms with Crippen LogP contribution in [0.4, 0.5) is 15.9 Å². The highest BCUT2D eigenvalue weighted by Gasteiger charge is 2.44. The summed E-state index contributed by atoms with van der Waals surface area (Å²) in [5.74, 6) is 2.36. The number of hydrogen-bond donors (Lipinski definition) is 1. The van der Waals surface area contributed by atoms with Crippen LogP contribution >= 0.6 is 0 Å². The molecule has 3 atom stereocenters. The van der Waals surface area contributed by atoms with Crippen LogP contribution in [0, 0.1) is 16.7 Å². The van der Waals surface area contributed by atoms with Crippen LogP contribution in [0.15, 0.2) is 12.1 Å². The van der Waals surface area contributed by atoms with Crippen molar-refractivity contribution in [3.8, 4) is 6.07 Å². The Morgan fingerprint density at radius 3 is 2.47 bits per heavy atom. The first-order valence-electron chi connectivity index (χ1n) is 16.8. The Morgan fingerprint density at radius 1 is 1.12 bits per heavy atom. The summed E-state index contributed by atoms with van der Waals surface area (Å²) in [7, 11) is 0. The average molecular weight is 591 g/mol. The SMILES string of the molecule is CC12CCCN1CC(F)C2.CCCc1c(Cc2c([C@@H](C)CC)ccc(N)c2C#N)nc(CC)nc1N1CC(C)(CCC)C1. The Labute approximate surface area is 260 Å². The molecule has 3 aliphatic rings. The van der Waals surface area contributed by atoms with Crippen LogP contribution in [0.1, 0.15) is 133 Å². The van der Waals surface area contributed by atoms with Gasteiger partial charge in [0.25, 0.3) is 0 Å². The maximum absolute atomic E-state index is 12.8. The van der Waals surface area contributed by atoms with Crippen LogP contribution in [-0.4, -0.2) is 52.8 Å². The Morgan fingerprint density at radius 2 is 1.86 bits per heavy atom. The third-order valence-corrected chi connectivity index (χ3v) is 10.2. The number of aromatic nitrogens is 2. The highest BCUT2D eigenvalue weighted by atomic mass is 19.1. The second kappa shape index (κ2) is 13.9. The molecule has 5 rings (SSSR count). The Bertz CT molecular complexity index is 1300. The Kier molecular flexibility index (Phi) is 10.7. The predicted octanol–water partition coefficient (Wildman–Crippen LogP) is 7.76. The lowest BCUT2D eigenvalue weighted by Crippen LogP contribution is -2.55. The quantitative estimate of drug-likeness (QED) is 0.285. The van der Waals surface area contributed by atoms with Gasteiger partial charge in [0.1, 0.15) is 23.9 Å². The number of benzene rings is 1. The van der Waals surface area contributed by atoms with E-state index in [1.807, 2.05) is 6.07 Å². The molecule has 2 aromatic rings. The molecule has 2 N–H and O–H groups in total. The maximum Gasteiger partial charge on any atom is 0.135 e. The zero-order chi connectivity index (χ0) is 31.4. The monoisotopic (exact) mass is 590 g/mol. The van der Waals surface area contributed by atoms with Gasteiger partial charge in [0, 0.05) is 54.7 Å². The molecule has 6 nitrogen and oxygen atoms in total. The molecular formula is C36H55FN6. The third kappa shape index (κ3) is 7.17. The first kappa shape index (κ1) is 33.2. The minimum Gasteiger partial charge on any atom is -0.398 e. The van der Waals surface area contributed by atoms with Crippen molar-refractivity contribution in [2.75, 3.05) is 36.8 Å². The zero-order valence-electron chi connectivity index (χ0n) is 27.9. The standard InChI is InChI=1S/C28H41N5.C8H14FN/c1-7-11-21-25(15-22-20(19(5)9-3)12-13-24(30)23(22)16-29)31-26(10-4)32-27(21)33-17-28(6,18-33)14-8-2;1-8-3-2-4-10(8)6-7(9)5-8/h12-13,19H,7-11,14-15,17-18,30H2,1-6H3;7H,2-6H2,1H3/t19-;/m0./s1. The number of nitrogen functional groups attached to an aromatic ring is 1. The van der Waals surface area contributed by atoms with Crippen molar-refractivity contribution >= 4 is 11.5 Å². The summed E-state index contributed by atoms with van der Waals surface area (Å²) in [5, 5.41) is 9.96. The smallest absolute Gasteiger partial charge is 0.135 e. The highest BCUT2D eigenvalue weighted by molar-refractivity contribution is 5.62. The lowest BCUT2D eigenvalue weighted by molar-refractivity contribution is 0.217. The summed E-state index contributed by atoms with van der Waals surface area (Å²) in [4.78, 5) is 14.8. The fraction of sp³-hybridized carbons (Fsp3) is 0.694. The third-order valence-electron chi connectivity index (χ3n) is 10.2. The molecule has 0 radical (unpaired) electrons. The van der Waals surface area contributed by atoms with E-state index in [0.717, 1.165) is 74.6 Å². The fourth-order valence-electron chi connectivity index (χ4n) is 7.68. The fourth-order valence-corrected chi connectivity index (χ4v) is 7.68. The van der Waals surface area contributed by atoms with Crippen LogP contribution in [0.5, 0.6) is 0 Å². The van der Waals surface area contributed by atoms with Crippen molar-refractivity contribution in [1.29, 1.82) is 5.26 Å². The van der Waals surface area contributed by atoms with E-state index >= 15 is 0 Å². The van der Waals surface area contributed by atoms with Gasteiger partial charge >= 0.3 is 0 Å². The average Bonchev–Trinajstić information content (AvgIpc) is 3.45. The second-order valence-electron chi connectivity index (χ2n) is 14.0. The van der Waals surface area contributed by atoms with Crippen molar-refractivity contribution in [2.45, 2.75) is 130 Å². The largest absolute Gasteiger partial charge is 0.398 e. The summed E-state index contributed by atoms with van der Waals surface area (Å²) in [6.45, 7) is 19.5. The second-order valence-corrected chi connectivity index (χ2v) is 14.0. The molecule has 0 bridgehead atoms. The van der Waals surface area contributed by atoms with Gasteiger partial charge in [0.05, 0.1) is 11.3 Å². The van der Waals surface area contributed by atoms with Crippen LogP contribution < -0.4 is 10.6 Å². The number of aryl methyl sites for hydroxylation is 1. The first-order chi connectivity index (χ1) is 20.5. The van der Waals surface area contributed by atoms with Gasteiger partial charge in [-0.3, -0.25) is 4.90 Å². The van der Waals surface area contributed by atoms with E-state index in [1.54, 1.807) is 0 Å². The number of nitriles is 1. The van der Waals surface area contributed by atoms with Gasteiger partial charge in [-0.2, -0.15) is 5.26 Å². The summed E-state index contributed by atoms with van der Waals surface area (Å²) in [5.41, 5.74) is 12.6. The lowest BCUT2D eigenvalue weighted by Gasteiger charge is -2.49. The van der Waals surface area contributed by atoms with E-state index < -0.39 is 6.17 Å². The molecule has 2 unspecified atom stereocenters. The van der Waals surface area contributed by atoms with E-state index in [1.165, 1.54) is 36.8 Å². The van der Waals surface area contributed by atoms with Gasteiger partial charge in [-0.15, -0.1) is 0 Å². The number of halogens is 1. The van der Waals surface area contributed by atoms with E-state index in [2.05, 4.69) is 70.4 Å². The molecule has 236 valence electrons. The molecule has 43 heavy (non-hydrogen) atoms. The molecule has 7 heteroatoms. The predicted molar refractivity (Wildman–Crippen MR) is 176 cm³/mol. The van der Waals surface area contributed by atoms with Crippen molar-refractivity contribution in [3.63, 3.8) is 0 Å². The summed E-state index contributed by atoms with van der Waals surface area (Å²) in [6.07, 6.45) is 9.58. The van der Waals surface area contributed by atoms with E-state index in [-0.39, 0.29) is 5.54 Å². The molecule has 0 aliphatic carbocycles. The molecule has 1 aromatic heterocycles. The number of hydrogen-bond acceptors (Lipinski definition) is 6. The molecule has 3 fully saturated rings. The molecule has 3 saturated heterocycles. The minimum atomic E-state index is -0.551. The number of nitrogens with zero attached hydrogens (tertiary/aromatic N) is 5. The molecule has 4 heterocycles. The summed E-state index contributed by atoms with van der Waals surface area (Å²) < 4.78 is 12.8. The van der Waals surface area contributed by atoms with Gasteiger partial charge < -0.3 is 10.6 Å². The van der Waals surface area contributed by atoms with Gasteiger partial charge in [0.15, 0.2) is 0 Å². The maximum atomic E-state index is 12.8. The molecule has 0 saturated carbocycles. The Balaban J connectivity index is 0.000000353. The Hall–Kier alpha value is -2.72. The number of anilines is 2. The number of fused-ring (bicyclic) bond motifs is 1. The van der Waals surface area contributed by atoms with Crippen LogP contribution in [0.25, 0.3) is 0 Å². The minimum absolute atomic E-state index is 0.236. The number of nitrogens with two attached hydrogens (primary N) is 1. The van der Waals surface area contributed by atoms with Gasteiger partial charge in [0.2, 0.25) is 0 Å². The van der Waals surface area contributed by atoms with Crippen LogP contribution in [-0.2, 0) is 19.3 Å². The normalized spacial score (nSPS) is 23.2. The van der Waals surface area contributed by atoms with Crippen LogP contribution in [0.3, 0.4) is 0 Å². The van der Waals surface area contributed by atoms with Crippen molar-refractivity contribution in [1.82, 2.24) is 14.9 Å². The molecule has 1 aromatic carbocycles. The van der Waals surface area contributed by atoms with Crippen LogP contribution in [0.2, 0.25) is 0 Å². The summed E-state index contributed by atoms with van der Waals surface area (Å²) in [6, 6.07) is 6.38. The van der Waals surface area contributed by atoms with E-state index in [4.69, 9.17) is 15.7 Å². The van der Waals surface area contributed by atoms with Gasteiger partial charge in [-0.25, -0.2) is 14.4 Å². The molecule has 3 aliphatic heterocycles. The topological polar surface area (TPSA) is 82.1 Å². The van der Waals surface area contributed by atoms with Crippen molar-refractivity contribution in [2.24, 2.45) is 5.41 Å². The van der Waals surface area contributed by atoms with E-state index in [9.17, 15) is 9.65 Å². The number of alkyl halides is 1. The van der Waals surface area contributed by atoms with Crippen molar-refractivity contribution < 1.29 is 4.39 Å². The highest BCUT2D eigenvalue weighted by Crippen LogP contribution is 2.41. The molecule has 0 spiro atoms. The lowest BCUT2D eigenvalue weighted by atomic mass is 9.78.